The van der Waals surface area contributed by atoms with Crippen molar-refractivity contribution >= 4 is 16.9 Å². The number of hydrogen-bond donors (Lipinski definition) is 2. The Morgan fingerprint density at radius 3 is 1.62 bits per heavy atom. The van der Waals surface area contributed by atoms with Gasteiger partial charge in [-0.25, -0.2) is 10.9 Å². The largest absolute Gasteiger partial charge is 0.481 e. The second kappa shape index (κ2) is 11.5. The Morgan fingerprint density at radius 1 is 0.724 bits per heavy atom. The van der Waals surface area contributed by atoms with Gasteiger partial charge in [-0.2, -0.15) is 0 Å². The van der Waals surface area contributed by atoms with Crippen LogP contribution in [0.5, 0.6) is 0 Å². The summed E-state index contributed by atoms with van der Waals surface area (Å²) in [5.74, 6) is 1.83. The third kappa shape index (κ3) is 7.43. The Kier molecular flexibility index (Phi) is 8.39. The third-order valence-electron chi connectivity index (χ3n) is 5.19. The van der Waals surface area contributed by atoms with Crippen LogP contribution in [0, 0.1) is 5.92 Å². The molecule has 1 atom stereocenters. The average molecular weight is 407 g/mol. The second-order valence-electron chi connectivity index (χ2n) is 7.55. The minimum atomic E-state index is -0.647. The minimum Gasteiger partial charge on any atom is -0.481 e. The molecular formula is C26H30O2S. The Hall–Kier alpha value is -2.52. The van der Waals surface area contributed by atoms with Gasteiger partial charge < -0.3 is 5.11 Å². The van der Waals surface area contributed by atoms with Crippen molar-refractivity contribution in [3.63, 3.8) is 0 Å². The Morgan fingerprint density at radius 2 is 1.17 bits per heavy atom. The van der Waals surface area contributed by atoms with E-state index < -0.39 is 16.9 Å². The lowest BCUT2D eigenvalue weighted by Gasteiger charge is -2.26. The molecular weight excluding hydrogens is 376 g/mol. The highest BCUT2D eigenvalue weighted by molar-refractivity contribution is 8.15. The molecule has 0 aliphatic carbocycles. The highest BCUT2D eigenvalue weighted by atomic mass is 32.2. The third-order valence-corrected chi connectivity index (χ3v) is 7.77. The van der Waals surface area contributed by atoms with E-state index in [1.165, 1.54) is 16.7 Å². The van der Waals surface area contributed by atoms with Gasteiger partial charge in [-0.15, -0.1) is 0 Å². The van der Waals surface area contributed by atoms with Crippen molar-refractivity contribution in [2.75, 3.05) is 5.75 Å². The summed E-state index contributed by atoms with van der Waals surface area (Å²) in [6.45, 7) is 0. The lowest BCUT2D eigenvalue weighted by Crippen LogP contribution is -2.19. The monoisotopic (exact) mass is 406 g/mol. The number of benzene rings is 3. The smallest absolute Gasteiger partial charge is 0.307 e. The van der Waals surface area contributed by atoms with Crippen LogP contribution in [0.25, 0.3) is 0 Å². The molecule has 2 nitrogen and oxygen atoms in total. The number of aryl methyl sites for hydroxylation is 1. The molecule has 3 aromatic rings. The maximum absolute atomic E-state index is 12.0. The maximum Gasteiger partial charge on any atom is 0.307 e. The molecule has 0 aliphatic heterocycles. The summed E-state index contributed by atoms with van der Waals surface area (Å²) in [5, 5.41) is 9.86. The van der Waals surface area contributed by atoms with E-state index in [-0.39, 0.29) is 5.92 Å². The predicted molar refractivity (Wildman–Crippen MR) is 125 cm³/mol. The van der Waals surface area contributed by atoms with E-state index in [9.17, 15) is 9.90 Å². The van der Waals surface area contributed by atoms with Crippen molar-refractivity contribution in [1.82, 2.24) is 0 Å². The van der Waals surface area contributed by atoms with Gasteiger partial charge in [0.2, 0.25) is 0 Å². The molecule has 0 heterocycles. The van der Waals surface area contributed by atoms with Crippen LogP contribution in [0.15, 0.2) is 91.0 Å². The van der Waals surface area contributed by atoms with Gasteiger partial charge in [0, 0.05) is 11.5 Å². The summed E-state index contributed by atoms with van der Waals surface area (Å²) in [6.07, 6.45) is 2.60. The summed E-state index contributed by atoms with van der Waals surface area (Å²) in [4.78, 5) is 12.0. The summed E-state index contributed by atoms with van der Waals surface area (Å²) in [5.41, 5.74) is 3.90. The van der Waals surface area contributed by atoms with E-state index in [2.05, 4.69) is 60.7 Å². The first kappa shape index (κ1) is 21.2. The average Bonchev–Trinajstić information content (AvgIpc) is 2.75. The molecule has 29 heavy (non-hydrogen) atoms. The van der Waals surface area contributed by atoms with Gasteiger partial charge in [-0.1, -0.05) is 91.0 Å². The van der Waals surface area contributed by atoms with Crippen LogP contribution in [-0.4, -0.2) is 16.8 Å². The van der Waals surface area contributed by atoms with E-state index in [0.29, 0.717) is 0 Å². The number of rotatable bonds is 11. The van der Waals surface area contributed by atoms with Crippen LogP contribution in [0.2, 0.25) is 0 Å². The molecule has 3 aromatic carbocycles. The lowest BCUT2D eigenvalue weighted by atomic mass is 10.0. The van der Waals surface area contributed by atoms with Crippen LogP contribution in [0.1, 0.15) is 29.5 Å². The van der Waals surface area contributed by atoms with Crippen LogP contribution in [0.4, 0.5) is 0 Å². The fourth-order valence-electron chi connectivity index (χ4n) is 3.67. The molecule has 0 aliphatic rings. The summed E-state index contributed by atoms with van der Waals surface area (Å²) < 4.78 is 0. The fraction of sp³-hybridized carbons (Fsp3) is 0.269. The molecule has 0 fully saturated rings. The standard InChI is InChI=1S/C26H30O2S/c27-26(28)25(18-10-17-22-11-4-1-5-12-22)21-29(19-23-13-6-2-7-14-23)20-24-15-8-3-9-16-24/h1-9,11-16,25,29H,10,17-21H2,(H,27,28). The predicted octanol–water partition coefficient (Wildman–Crippen LogP) is 6.11. The zero-order valence-corrected chi connectivity index (χ0v) is 17.7. The van der Waals surface area contributed by atoms with Crippen LogP contribution >= 0.6 is 10.9 Å². The van der Waals surface area contributed by atoms with Crippen molar-refractivity contribution in [3.8, 4) is 0 Å². The lowest BCUT2D eigenvalue weighted by molar-refractivity contribution is -0.141. The maximum atomic E-state index is 12.0. The SMILES string of the molecule is O=C(O)C(CCCc1ccccc1)C[SH](Cc1ccccc1)Cc1ccccc1. The number of carboxylic acids is 1. The molecule has 0 spiro atoms. The molecule has 1 N–H and O–H groups in total. The Bertz CT molecular complexity index is 808. The van der Waals surface area contributed by atoms with Crippen LogP contribution < -0.4 is 0 Å². The normalized spacial score (nSPS) is 12.3. The molecule has 0 radical (unpaired) electrons. The molecule has 3 rings (SSSR count). The number of carbonyl (C=O) groups is 1. The van der Waals surface area contributed by atoms with E-state index in [1.54, 1.807) is 0 Å². The first-order valence-corrected chi connectivity index (χ1v) is 12.2. The summed E-state index contributed by atoms with van der Waals surface area (Å²) in [7, 11) is -0.437. The number of hydrogen-bond acceptors (Lipinski definition) is 1. The first-order chi connectivity index (χ1) is 14.2. The van der Waals surface area contributed by atoms with E-state index in [1.807, 2.05) is 30.3 Å². The Labute approximate surface area is 177 Å². The van der Waals surface area contributed by atoms with E-state index in [4.69, 9.17) is 0 Å². The fourth-order valence-corrected chi connectivity index (χ4v) is 6.46. The van der Waals surface area contributed by atoms with Gasteiger partial charge in [-0.3, -0.25) is 4.79 Å². The highest BCUT2D eigenvalue weighted by Crippen LogP contribution is 2.37. The van der Waals surface area contributed by atoms with Crippen molar-refractivity contribution in [1.29, 1.82) is 0 Å². The molecule has 0 saturated heterocycles. The Balaban J connectivity index is 1.64. The van der Waals surface area contributed by atoms with E-state index >= 15 is 0 Å². The molecule has 3 heteroatoms. The van der Waals surface area contributed by atoms with Gasteiger partial charge in [0.15, 0.2) is 0 Å². The molecule has 152 valence electrons. The van der Waals surface area contributed by atoms with Gasteiger partial charge >= 0.3 is 5.97 Å². The molecule has 0 amide bonds. The first-order valence-electron chi connectivity index (χ1n) is 10.3. The van der Waals surface area contributed by atoms with Gasteiger partial charge in [0.1, 0.15) is 0 Å². The van der Waals surface area contributed by atoms with Crippen molar-refractivity contribution in [3.05, 3.63) is 108 Å². The van der Waals surface area contributed by atoms with E-state index in [0.717, 1.165) is 36.5 Å². The van der Waals surface area contributed by atoms with Gasteiger partial charge in [-0.05, 0) is 41.7 Å². The van der Waals surface area contributed by atoms with Gasteiger partial charge in [0.25, 0.3) is 0 Å². The zero-order chi connectivity index (χ0) is 20.3. The highest BCUT2D eigenvalue weighted by Gasteiger charge is 2.21. The number of aliphatic carboxylic acids is 1. The topological polar surface area (TPSA) is 37.3 Å². The van der Waals surface area contributed by atoms with Crippen LogP contribution in [-0.2, 0) is 22.7 Å². The van der Waals surface area contributed by atoms with Gasteiger partial charge in [0.05, 0.1) is 5.92 Å². The van der Waals surface area contributed by atoms with Crippen molar-refractivity contribution in [2.45, 2.75) is 30.8 Å². The summed E-state index contributed by atoms with van der Waals surface area (Å²) in [6, 6.07) is 31.3. The summed E-state index contributed by atoms with van der Waals surface area (Å²) >= 11 is 0. The quantitative estimate of drug-likeness (QED) is 0.377. The van der Waals surface area contributed by atoms with Crippen LogP contribution in [0.3, 0.4) is 0 Å². The zero-order valence-electron chi connectivity index (χ0n) is 16.8. The molecule has 1 unspecified atom stereocenters. The molecule has 0 bridgehead atoms. The van der Waals surface area contributed by atoms with Crippen molar-refractivity contribution in [2.24, 2.45) is 5.92 Å². The molecule has 0 saturated carbocycles. The minimum absolute atomic E-state index is 0.266. The molecule has 0 aromatic heterocycles. The van der Waals surface area contributed by atoms with Crippen molar-refractivity contribution < 1.29 is 9.90 Å². The number of carboxylic acid groups (broad SMARTS) is 1. The number of thiol groups is 1. The second-order valence-corrected chi connectivity index (χ2v) is 9.89.